The molecule has 0 aliphatic carbocycles. The Balaban J connectivity index is 1.50. The molecular weight excluding hydrogens is 304 g/mol. The van der Waals surface area contributed by atoms with Gasteiger partial charge < -0.3 is 20.9 Å². The second kappa shape index (κ2) is 7.83. The van der Waals surface area contributed by atoms with Gasteiger partial charge >= 0.3 is 0 Å². The van der Waals surface area contributed by atoms with Crippen LogP contribution in [0.1, 0.15) is 51.9 Å². The zero-order valence-corrected chi connectivity index (χ0v) is 14.9. The van der Waals surface area contributed by atoms with Gasteiger partial charge in [0.1, 0.15) is 0 Å². The Hall–Kier alpha value is -1.14. The zero-order chi connectivity index (χ0) is 17.0. The van der Waals surface area contributed by atoms with Crippen molar-refractivity contribution in [2.45, 2.75) is 63.5 Å². The van der Waals surface area contributed by atoms with Gasteiger partial charge in [0.05, 0.1) is 11.6 Å². The molecule has 0 saturated carbocycles. The minimum Gasteiger partial charge on any atom is -0.354 e. The number of likely N-dealkylation sites (tertiary alicyclic amines) is 1. The molecule has 0 bridgehead atoms. The molecule has 3 unspecified atom stereocenters. The second-order valence-electron chi connectivity index (χ2n) is 7.62. The van der Waals surface area contributed by atoms with Crippen molar-refractivity contribution >= 4 is 11.8 Å². The van der Waals surface area contributed by atoms with Crippen molar-refractivity contribution in [3.63, 3.8) is 0 Å². The lowest BCUT2D eigenvalue weighted by atomic mass is 9.90. The molecule has 2 amide bonds. The number of carbonyl (C=O) groups is 2. The molecule has 0 aromatic carbocycles. The summed E-state index contributed by atoms with van der Waals surface area (Å²) in [5, 5.41) is 9.78. The molecule has 3 N–H and O–H groups in total. The molecule has 24 heavy (non-hydrogen) atoms. The van der Waals surface area contributed by atoms with E-state index in [0.717, 1.165) is 71.1 Å². The van der Waals surface area contributed by atoms with Crippen molar-refractivity contribution in [3.05, 3.63) is 0 Å². The maximum atomic E-state index is 13.0. The van der Waals surface area contributed by atoms with E-state index in [1.54, 1.807) is 0 Å². The monoisotopic (exact) mass is 336 g/mol. The summed E-state index contributed by atoms with van der Waals surface area (Å²) in [4.78, 5) is 27.2. The van der Waals surface area contributed by atoms with Gasteiger partial charge in [-0.25, -0.2) is 0 Å². The molecule has 0 radical (unpaired) electrons. The van der Waals surface area contributed by atoms with Crippen molar-refractivity contribution in [3.8, 4) is 0 Å². The Morgan fingerprint density at radius 2 is 2.08 bits per heavy atom. The van der Waals surface area contributed by atoms with Gasteiger partial charge in [0.15, 0.2) is 0 Å². The number of amides is 2. The first-order valence-electron chi connectivity index (χ1n) is 9.70. The van der Waals surface area contributed by atoms with Crippen LogP contribution in [0.3, 0.4) is 0 Å². The molecule has 6 nitrogen and oxygen atoms in total. The lowest BCUT2D eigenvalue weighted by Crippen LogP contribution is -2.57. The summed E-state index contributed by atoms with van der Waals surface area (Å²) in [6.45, 7) is 6.31. The SMILES string of the molecule is CCC1(C(=O)N2CCCC(CNC(=O)C3CCCN3)C2)CCCN1. The molecule has 136 valence electrons. The van der Waals surface area contributed by atoms with Crippen molar-refractivity contribution in [1.82, 2.24) is 20.9 Å². The number of nitrogens with one attached hydrogen (secondary N) is 3. The first-order chi connectivity index (χ1) is 11.6. The molecular formula is C18H32N4O2. The molecule has 3 heterocycles. The van der Waals surface area contributed by atoms with E-state index in [2.05, 4.69) is 22.9 Å². The predicted octanol–water partition coefficient (Wildman–Crippen LogP) is 0.625. The van der Waals surface area contributed by atoms with Crippen LogP contribution in [0.25, 0.3) is 0 Å². The number of carbonyl (C=O) groups excluding carboxylic acids is 2. The molecule has 3 atom stereocenters. The number of nitrogens with zero attached hydrogens (tertiary/aromatic N) is 1. The summed E-state index contributed by atoms with van der Waals surface area (Å²) in [6.07, 6.45) is 7.04. The van der Waals surface area contributed by atoms with Gasteiger partial charge in [-0.3, -0.25) is 9.59 Å². The average molecular weight is 336 g/mol. The minimum absolute atomic E-state index is 0.0163. The molecule has 0 aromatic rings. The van der Waals surface area contributed by atoms with Gasteiger partial charge in [-0.2, -0.15) is 0 Å². The van der Waals surface area contributed by atoms with Gasteiger partial charge in [0.2, 0.25) is 11.8 Å². The maximum absolute atomic E-state index is 13.0. The molecule has 3 aliphatic heterocycles. The van der Waals surface area contributed by atoms with Crippen molar-refractivity contribution < 1.29 is 9.59 Å². The molecule has 3 fully saturated rings. The van der Waals surface area contributed by atoms with E-state index < -0.39 is 0 Å². The third kappa shape index (κ3) is 3.75. The van der Waals surface area contributed by atoms with Gasteiger partial charge in [-0.05, 0) is 64.0 Å². The summed E-state index contributed by atoms with van der Waals surface area (Å²) in [5.41, 5.74) is -0.334. The molecule has 0 aromatic heterocycles. The van der Waals surface area contributed by atoms with E-state index in [1.165, 1.54) is 0 Å². The summed E-state index contributed by atoms with van der Waals surface area (Å²) >= 11 is 0. The lowest BCUT2D eigenvalue weighted by molar-refractivity contribution is -0.139. The Kier molecular flexibility index (Phi) is 5.76. The van der Waals surface area contributed by atoms with Crippen LogP contribution in [-0.4, -0.2) is 61.0 Å². The molecule has 6 heteroatoms. The zero-order valence-electron chi connectivity index (χ0n) is 14.9. The van der Waals surface area contributed by atoms with Crippen molar-refractivity contribution in [1.29, 1.82) is 0 Å². The minimum atomic E-state index is -0.334. The van der Waals surface area contributed by atoms with Crippen LogP contribution in [-0.2, 0) is 9.59 Å². The first-order valence-corrected chi connectivity index (χ1v) is 9.70. The van der Waals surface area contributed by atoms with Crippen LogP contribution >= 0.6 is 0 Å². The highest BCUT2D eigenvalue weighted by atomic mass is 16.2. The molecule has 3 saturated heterocycles. The highest BCUT2D eigenvalue weighted by molar-refractivity contribution is 5.87. The summed E-state index contributed by atoms with van der Waals surface area (Å²) in [7, 11) is 0. The van der Waals surface area contributed by atoms with Gasteiger partial charge in [-0.1, -0.05) is 6.92 Å². The fourth-order valence-corrected chi connectivity index (χ4v) is 4.44. The van der Waals surface area contributed by atoms with E-state index in [-0.39, 0.29) is 23.4 Å². The highest BCUT2D eigenvalue weighted by Crippen LogP contribution is 2.28. The fourth-order valence-electron chi connectivity index (χ4n) is 4.44. The Labute approximate surface area is 145 Å². The van der Waals surface area contributed by atoms with E-state index >= 15 is 0 Å². The standard InChI is InChI=1S/C18H32N4O2/c1-2-18(8-5-10-21-18)17(24)22-11-4-6-14(13-22)12-20-16(23)15-7-3-9-19-15/h14-15,19,21H,2-13H2,1H3,(H,20,23). The number of rotatable bonds is 5. The van der Waals surface area contributed by atoms with E-state index in [9.17, 15) is 9.59 Å². The van der Waals surface area contributed by atoms with Crippen LogP contribution in [0.2, 0.25) is 0 Å². The number of hydrogen-bond donors (Lipinski definition) is 3. The Bertz CT molecular complexity index is 456. The third-order valence-electron chi connectivity index (χ3n) is 6.00. The average Bonchev–Trinajstić information content (AvgIpc) is 3.31. The number of hydrogen-bond acceptors (Lipinski definition) is 4. The van der Waals surface area contributed by atoms with E-state index in [1.807, 2.05) is 4.90 Å². The third-order valence-corrected chi connectivity index (χ3v) is 6.00. The highest BCUT2D eigenvalue weighted by Gasteiger charge is 2.42. The Morgan fingerprint density at radius 3 is 2.75 bits per heavy atom. The quantitative estimate of drug-likeness (QED) is 0.688. The van der Waals surface area contributed by atoms with Crippen LogP contribution in [0.4, 0.5) is 0 Å². The van der Waals surface area contributed by atoms with Gasteiger partial charge in [0.25, 0.3) is 0 Å². The Morgan fingerprint density at radius 1 is 1.21 bits per heavy atom. The van der Waals surface area contributed by atoms with E-state index in [4.69, 9.17) is 0 Å². The van der Waals surface area contributed by atoms with Crippen LogP contribution in [0, 0.1) is 5.92 Å². The van der Waals surface area contributed by atoms with Crippen LogP contribution in [0.15, 0.2) is 0 Å². The largest absolute Gasteiger partial charge is 0.354 e. The maximum Gasteiger partial charge on any atom is 0.242 e. The van der Waals surface area contributed by atoms with Crippen LogP contribution in [0.5, 0.6) is 0 Å². The summed E-state index contributed by atoms with van der Waals surface area (Å²) < 4.78 is 0. The summed E-state index contributed by atoms with van der Waals surface area (Å²) in [6, 6.07) is -0.0163. The molecule has 3 rings (SSSR count). The van der Waals surface area contributed by atoms with Crippen molar-refractivity contribution in [2.24, 2.45) is 5.92 Å². The predicted molar refractivity (Wildman–Crippen MR) is 93.6 cm³/mol. The lowest BCUT2D eigenvalue weighted by Gasteiger charge is -2.39. The smallest absolute Gasteiger partial charge is 0.242 e. The normalized spacial score (nSPS) is 33.6. The second-order valence-corrected chi connectivity index (χ2v) is 7.62. The van der Waals surface area contributed by atoms with Gasteiger partial charge in [0, 0.05) is 19.6 Å². The van der Waals surface area contributed by atoms with E-state index in [0.29, 0.717) is 12.5 Å². The van der Waals surface area contributed by atoms with Gasteiger partial charge in [-0.15, -0.1) is 0 Å². The molecule has 0 spiro atoms. The summed E-state index contributed by atoms with van der Waals surface area (Å²) in [5.74, 6) is 0.776. The topological polar surface area (TPSA) is 73.5 Å². The first kappa shape index (κ1) is 17.7. The number of piperidine rings is 1. The molecule has 3 aliphatic rings. The van der Waals surface area contributed by atoms with Crippen molar-refractivity contribution in [2.75, 3.05) is 32.7 Å². The van der Waals surface area contributed by atoms with Crippen LogP contribution < -0.4 is 16.0 Å². The fraction of sp³-hybridized carbons (Fsp3) is 0.889.